The van der Waals surface area contributed by atoms with Crippen molar-refractivity contribution in [1.82, 2.24) is 14.8 Å². The zero-order valence-electron chi connectivity index (χ0n) is 11.4. The first kappa shape index (κ1) is 13.1. The van der Waals surface area contributed by atoms with E-state index >= 15 is 0 Å². The number of pyridine rings is 1. The highest BCUT2D eigenvalue weighted by Crippen LogP contribution is 2.31. The molecule has 5 heteroatoms. The maximum atomic E-state index is 11.4. The van der Waals surface area contributed by atoms with E-state index in [4.69, 9.17) is 4.74 Å². The molecule has 0 aliphatic carbocycles. The van der Waals surface area contributed by atoms with E-state index in [1.807, 2.05) is 42.5 Å². The van der Waals surface area contributed by atoms with Crippen LogP contribution in [0.5, 0.6) is 5.88 Å². The molecule has 0 bridgehead atoms. The van der Waals surface area contributed by atoms with E-state index in [0.717, 1.165) is 11.1 Å². The molecular weight excluding hydrogens is 266 g/mol. The number of nitrogens with zero attached hydrogens (tertiary/aromatic N) is 3. The first-order valence-electron chi connectivity index (χ1n) is 6.49. The van der Waals surface area contributed by atoms with Gasteiger partial charge >= 0.3 is 5.97 Å². The van der Waals surface area contributed by atoms with Gasteiger partial charge in [-0.25, -0.2) is 4.98 Å². The molecule has 2 aromatic heterocycles. The Morgan fingerprint density at radius 1 is 1.10 bits per heavy atom. The fourth-order valence-corrected chi connectivity index (χ4v) is 2.03. The Labute approximate surface area is 121 Å². The van der Waals surface area contributed by atoms with Crippen LogP contribution < -0.4 is 4.74 Å². The predicted octanol–water partition coefficient (Wildman–Crippen LogP) is 2.86. The molecule has 0 amide bonds. The number of benzene rings is 1. The van der Waals surface area contributed by atoms with E-state index in [9.17, 15) is 4.79 Å². The van der Waals surface area contributed by atoms with Crippen molar-refractivity contribution in [2.45, 2.75) is 6.92 Å². The summed E-state index contributed by atoms with van der Waals surface area (Å²) in [5, 5.41) is 4.29. The molecule has 0 atom stereocenters. The number of aromatic nitrogens is 3. The lowest BCUT2D eigenvalue weighted by Crippen LogP contribution is -2.08. The van der Waals surface area contributed by atoms with Crippen LogP contribution in [-0.4, -0.2) is 20.7 Å². The SMILES string of the molecule is CC(=O)Oc1c(-c2ccccc2)cnn1-c1ccccn1. The second-order valence-corrected chi connectivity index (χ2v) is 4.42. The van der Waals surface area contributed by atoms with Gasteiger partial charge in [0.2, 0.25) is 5.88 Å². The topological polar surface area (TPSA) is 57.0 Å². The molecule has 0 saturated carbocycles. The van der Waals surface area contributed by atoms with Crippen molar-refractivity contribution in [3.8, 4) is 22.8 Å². The smallest absolute Gasteiger partial charge is 0.309 e. The lowest BCUT2D eigenvalue weighted by molar-refractivity contribution is -0.132. The Hall–Kier alpha value is -2.95. The number of ether oxygens (including phenoxy) is 1. The van der Waals surface area contributed by atoms with Crippen LogP contribution in [0.15, 0.2) is 60.9 Å². The quantitative estimate of drug-likeness (QED) is 0.692. The van der Waals surface area contributed by atoms with Crippen molar-refractivity contribution in [2.75, 3.05) is 0 Å². The van der Waals surface area contributed by atoms with Gasteiger partial charge in [0.05, 0.1) is 11.8 Å². The van der Waals surface area contributed by atoms with Crippen LogP contribution in [0.1, 0.15) is 6.92 Å². The van der Waals surface area contributed by atoms with Gasteiger partial charge in [-0.2, -0.15) is 9.78 Å². The molecule has 5 nitrogen and oxygen atoms in total. The second kappa shape index (κ2) is 5.58. The summed E-state index contributed by atoms with van der Waals surface area (Å²) in [6.45, 7) is 1.37. The minimum atomic E-state index is -0.398. The summed E-state index contributed by atoms with van der Waals surface area (Å²) in [4.78, 5) is 15.6. The van der Waals surface area contributed by atoms with Crippen molar-refractivity contribution in [1.29, 1.82) is 0 Å². The molecule has 0 aliphatic rings. The monoisotopic (exact) mass is 279 g/mol. The highest BCUT2D eigenvalue weighted by Gasteiger charge is 2.17. The van der Waals surface area contributed by atoms with Gasteiger partial charge in [-0.1, -0.05) is 36.4 Å². The van der Waals surface area contributed by atoms with Crippen LogP contribution >= 0.6 is 0 Å². The summed E-state index contributed by atoms with van der Waals surface area (Å²) in [7, 11) is 0. The summed E-state index contributed by atoms with van der Waals surface area (Å²) in [6, 6.07) is 15.1. The summed E-state index contributed by atoms with van der Waals surface area (Å²) in [5.74, 6) is 0.563. The molecule has 3 aromatic rings. The fraction of sp³-hybridized carbons (Fsp3) is 0.0625. The lowest BCUT2D eigenvalue weighted by Gasteiger charge is -2.08. The van der Waals surface area contributed by atoms with Crippen LogP contribution in [-0.2, 0) is 4.79 Å². The van der Waals surface area contributed by atoms with Crippen LogP contribution in [0.4, 0.5) is 0 Å². The van der Waals surface area contributed by atoms with Crippen molar-refractivity contribution < 1.29 is 9.53 Å². The molecule has 21 heavy (non-hydrogen) atoms. The van der Waals surface area contributed by atoms with Gasteiger partial charge in [-0.3, -0.25) is 4.79 Å². The van der Waals surface area contributed by atoms with E-state index in [2.05, 4.69) is 10.1 Å². The van der Waals surface area contributed by atoms with Gasteiger partial charge in [-0.05, 0) is 17.7 Å². The molecule has 0 aliphatic heterocycles. The molecule has 0 spiro atoms. The van der Waals surface area contributed by atoms with Gasteiger partial charge in [0.1, 0.15) is 0 Å². The zero-order valence-corrected chi connectivity index (χ0v) is 11.4. The van der Waals surface area contributed by atoms with E-state index in [1.54, 1.807) is 18.5 Å². The summed E-state index contributed by atoms with van der Waals surface area (Å²) in [5.41, 5.74) is 1.67. The number of rotatable bonds is 3. The third kappa shape index (κ3) is 2.67. The summed E-state index contributed by atoms with van der Waals surface area (Å²) >= 11 is 0. The number of carbonyl (C=O) groups is 1. The Kier molecular flexibility index (Phi) is 3.47. The molecule has 2 heterocycles. The molecule has 1 aromatic carbocycles. The minimum Gasteiger partial charge on any atom is -0.407 e. The van der Waals surface area contributed by atoms with E-state index in [1.165, 1.54) is 11.6 Å². The van der Waals surface area contributed by atoms with Crippen molar-refractivity contribution in [3.05, 3.63) is 60.9 Å². The van der Waals surface area contributed by atoms with Gasteiger partial charge in [-0.15, -0.1) is 0 Å². The average Bonchev–Trinajstić information content (AvgIpc) is 2.92. The molecule has 3 rings (SSSR count). The minimum absolute atomic E-state index is 0.368. The van der Waals surface area contributed by atoms with Crippen LogP contribution in [0.3, 0.4) is 0 Å². The van der Waals surface area contributed by atoms with Crippen molar-refractivity contribution in [2.24, 2.45) is 0 Å². The first-order chi connectivity index (χ1) is 10.3. The van der Waals surface area contributed by atoms with Gasteiger partial charge in [0.15, 0.2) is 5.82 Å². The standard InChI is InChI=1S/C16H13N3O2/c1-12(20)21-16-14(13-7-3-2-4-8-13)11-18-19(16)15-9-5-6-10-17-15/h2-11H,1H3. The van der Waals surface area contributed by atoms with Gasteiger partial charge in [0, 0.05) is 13.1 Å². The molecule has 104 valence electrons. The Bertz CT molecular complexity index is 695. The molecule has 0 unspecified atom stereocenters. The molecule has 0 saturated heterocycles. The van der Waals surface area contributed by atoms with E-state index < -0.39 is 5.97 Å². The van der Waals surface area contributed by atoms with Crippen LogP contribution in [0.2, 0.25) is 0 Å². The average molecular weight is 279 g/mol. The predicted molar refractivity (Wildman–Crippen MR) is 78.1 cm³/mol. The van der Waals surface area contributed by atoms with Crippen LogP contribution in [0.25, 0.3) is 16.9 Å². The highest BCUT2D eigenvalue weighted by molar-refractivity contribution is 5.75. The van der Waals surface area contributed by atoms with Crippen molar-refractivity contribution in [3.63, 3.8) is 0 Å². The summed E-state index contributed by atoms with van der Waals surface area (Å²) < 4.78 is 6.86. The lowest BCUT2D eigenvalue weighted by atomic mass is 10.1. The third-order valence-electron chi connectivity index (χ3n) is 2.92. The molecule has 0 radical (unpaired) electrons. The number of carbonyl (C=O) groups excluding carboxylic acids is 1. The molecule has 0 fully saturated rings. The second-order valence-electron chi connectivity index (χ2n) is 4.42. The van der Waals surface area contributed by atoms with E-state index in [-0.39, 0.29) is 0 Å². The fourth-order valence-electron chi connectivity index (χ4n) is 2.03. The van der Waals surface area contributed by atoms with E-state index in [0.29, 0.717) is 11.7 Å². The maximum absolute atomic E-state index is 11.4. The third-order valence-corrected chi connectivity index (χ3v) is 2.92. The number of esters is 1. The van der Waals surface area contributed by atoms with Gasteiger partial charge in [0.25, 0.3) is 0 Å². The number of hydrogen-bond acceptors (Lipinski definition) is 4. The normalized spacial score (nSPS) is 10.3. The van der Waals surface area contributed by atoms with Crippen LogP contribution in [0, 0.1) is 0 Å². The first-order valence-corrected chi connectivity index (χ1v) is 6.49. The van der Waals surface area contributed by atoms with Crippen molar-refractivity contribution >= 4 is 5.97 Å². The summed E-state index contributed by atoms with van der Waals surface area (Å²) in [6.07, 6.45) is 3.33. The largest absolute Gasteiger partial charge is 0.407 e. The highest BCUT2D eigenvalue weighted by atomic mass is 16.5. The Morgan fingerprint density at radius 2 is 1.86 bits per heavy atom. The molecular formula is C16H13N3O2. The number of hydrogen-bond donors (Lipinski definition) is 0. The maximum Gasteiger partial charge on any atom is 0.309 e. The molecule has 0 N–H and O–H groups in total. The Balaban J connectivity index is 2.14. The van der Waals surface area contributed by atoms with Gasteiger partial charge < -0.3 is 4.74 Å². The zero-order chi connectivity index (χ0) is 14.7. The Morgan fingerprint density at radius 3 is 2.52 bits per heavy atom.